The third kappa shape index (κ3) is 3.71. The van der Waals surface area contributed by atoms with Crippen LogP contribution in [-0.4, -0.2) is 0 Å². The number of hydrogen-bond acceptors (Lipinski definition) is 0. The Balaban J connectivity index is 1.82. The van der Waals surface area contributed by atoms with Gasteiger partial charge in [-0.1, -0.05) is 72.7 Å². The summed E-state index contributed by atoms with van der Waals surface area (Å²) in [5.74, 6) is 7.80. The Labute approximate surface area is 153 Å². The molecular weight excluding hydrogens is 316 g/mol. The smallest absolute Gasteiger partial charge is 0.198 e. The molecule has 3 aromatic carbocycles. The van der Waals surface area contributed by atoms with Gasteiger partial charge in [-0.2, -0.15) is 4.42 Å². The largest absolute Gasteiger partial charge is 0.405 e. The maximum absolute atomic E-state index is 6.07. The predicted molar refractivity (Wildman–Crippen MR) is 106 cm³/mol. The molecule has 0 atom stereocenters. The van der Waals surface area contributed by atoms with Crippen molar-refractivity contribution in [2.75, 3.05) is 0 Å². The lowest BCUT2D eigenvalue weighted by molar-refractivity contribution is 0.553. The Morgan fingerprint density at radius 1 is 0.500 bits per heavy atom. The average Bonchev–Trinajstić information content (AvgIpc) is 2.74. The third-order valence-corrected chi connectivity index (χ3v) is 4.06. The lowest BCUT2D eigenvalue weighted by Crippen LogP contribution is -1.85. The second kappa shape index (κ2) is 7.51. The maximum atomic E-state index is 6.07. The van der Waals surface area contributed by atoms with Gasteiger partial charge in [-0.3, -0.25) is 0 Å². The molecule has 26 heavy (non-hydrogen) atoms. The molecule has 0 unspecified atom stereocenters. The van der Waals surface area contributed by atoms with Gasteiger partial charge < -0.3 is 0 Å². The SMILES string of the molecule is C(#Cc1cc(-c2ccccc2)cc(-c2ccccc2)[o+]1)c1ccccc1. The third-order valence-electron chi connectivity index (χ3n) is 4.06. The Hall–Kier alpha value is -3.63. The minimum atomic E-state index is 0.647. The Bertz CT molecular complexity index is 999. The van der Waals surface area contributed by atoms with E-state index in [0.29, 0.717) is 5.76 Å². The first-order valence-electron chi connectivity index (χ1n) is 8.54. The Morgan fingerprint density at radius 3 is 1.73 bits per heavy atom. The molecule has 0 radical (unpaired) electrons. The molecule has 122 valence electrons. The van der Waals surface area contributed by atoms with Crippen molar-refractivity contribution in [1.82, 2.24) is 0 Å². The molecule has 1 aromatic heterocycles. The van der Waals surface area contributed by atoms with Crippen molar-refractivity contribution >= 4 is 0 Å². The van der Waals surface area contributed by atoms with Crippen molar-refractivity contribution in [3.8, 4) is 34.3 Å². The second-order valence-electron chi connectivity index (χ2n) is 5.92. The van der Waals surface area contributed by atoms with Gasteiger partial charge in [0, 0.05) is 17.0 Å². The van der Waals surface area contributed by atoms with E-state index in [1.165, 1.54) is 0 Å². The minimum absolute atomic E-state index is 0.647. The van der Waals surface area contributed by atoms with Crippen molar-refractivity contribution in [3.63, 3.8) is 0 Å². The van der Waals surface area contributed by atoms with Crippen LogP contribution in [0, 0.1) is 11.8 Å². The molecule has 1 nitrogen and oxygen atoms in total. The molecule has 4 aromatic rings. The fourth-order valence-corrected chi connectivity index (χ4v) is 2.76. The van der Waals surface area contributed by atoms with E-state index in [1.807, 2.05) is 84.9 Å². The van der Waals surface area contributed by atoms with E-state index in [0.717, 1.165) is 28.0 Å². The molecule has 1 heterocycles. The predicted octanol–water partition coefficient (Wildman–Crippen LogP) is 6.29. The normalized spacial score (nSPS) is 10.0. The average molecular weight is 333 g/mol. The molecule has 0 saturated carbocycles. The molecule has 0 bridgehead atoms. The fourth-order valence-electron chi connectivity index (χ4n) is 2.76. The maximum Gasteiger partial charge on any atom is 0.405 e. The molecule has 0 aliphatic rings. The Kier molecular flexibility index (Phi) is 4.58. The van der Waals surface area contributed by atoms with E-state index in [1.54, 1.807) is 0 Å². The van der Waals surface area contributed by atoms with E-state index in [9.17, 15) is 0 Å². The standard InChI is InChI=1S/C25H17O/c1-4-10-20(11-5-1)16-17-24-18-23(21-12-6-2-7-13-21)19-25(26-24)22-14-8-3-9-15-22/h1-15,18-19H/q+1. The molecule has 0 aliphatic heterocycles. The molecular formula is C25H17O+. The Morgan fingerprint density at radius 2 is 1.08 bits per heavy atom. The van der Waals surface area contributed by atoms with Crippen LogP contribution in [0.3, 0.4) is 0 Å². The molecule has 0 N–H and O–H groups in total. The van der Waals surface area contributed by atoms with Crippen LogP contribution in [0.2, 0.25) is 0 Å². The first-order valence-corrected chi connectivity index (χ1v) is 8.54. The van der Waals surface area contributed by atoms with Gasteiger partial charge in [0.1, 0.15) is 0 Å². The van der Waals surface area contributed by atoms with Gasteiger partial charge in [0.05, 0.1) is 17.7 Å². The van der Waals surface area contributed by atoms with Crippen LogP contribution in [0.5, 0.6) is 0 Å². The zero-order chi connectivity index (χ0) is 17.6. The van der Waals surface area contributed by atoms with Crippen molar-refractivity contribution in [2.24, 2.45) is 0 Å². The summed E-state index contributed by atoms with van der Waals surface area (Å²) in [4.78, 5) is 0. The van der Waals surface area contributed by atoms with Gasteiger partial charge in [-0.05, 0) is 29.8 Å². The van der Waals surface area contributed by atoms with Gasteiger partial charge in [0.2, 0.25) is 0 Å². The van der Waals surface area contributed by atoms with Crippen LogP contribution in [0.15, 0.2) is 108 Å². The summed E-state index contributed by atoms with van der Waals surface area (Å²) in [6.07, 6.45) is 0. The van der Waals surface area contributed by atoms with Crippen LogP contribution < -0.4 is 0 Å². The zero-order valence-electron chi connectivity index (χ0n) is 14.2. The fraction of sp³-hybridized carbons (Fsp3) is 0. The number of benzene rings is 3. The zero-order valence-corrected chi connectivity index (χ0v) is 14.2. The van der Waals surface area contributed by atoms with E-state index in [-0.39, 0.29) is 0 Å². The highest BCUT2D eigenvalue weighted by Crippen LogP contribution is 2.28. The molecule has 0 spiro atoms. The highest BCUT2D eigenvalue weighted by atomic mass is 16.3. The quantitative estimate of drug-likeness (QED) is 0.310. The van der Waals surface area contributed by atoms with Crippen molar-refractivity contribution in [1.29, 1.82) is 0 Å². The summed E-state index contributed by atoms with van der Waals surface area (Å²) >= 11 is 0. The summed E-state index contributed by atoms with van der Waals surface area (Å²) in [7, 11) is 0. The van der Waals surface area contributed by atoms with Gasteiger partial charge >= 0.3 is 11.5 Å². The lowest BCUT2D eigenvalue weighted by atomic mass is 10.0. The molecule has 0 aliphatic carbocycles. The van der Waals surface area contributed by atoms with Gasteiger partial charge in [-0.15, -0.1) is 0 Å². The topological polar surface area (TPSA) is 11.3 Å². The van der Waals surface area contributed by atoms with Gasteiger partial charge in [-0.25, -0.2) is 0 Å². The summed E-state index contributed by atoms with van der Waals surface area (Å²) < 4.78 is 6.07. The van der Waals surface area contributed by atoms with Crippen molar-refractivity contribution < 1.29 is 4.42 Å². The van der Waals surface area contributed by atoms with E-state index in [2.05, 4.69) is 30.0 Å². The number of hydrogen-bond donors (Lipinski definition) is 0. The van der Waals surface area contributed by atoms with Crippen LogP contribution in [0.25, 0.3) is 22.5 Å². The van der Waals surface area contributed by atoms with E-state index >= 15 is 0 Å². The van der Waals surface area contributed by atoms with Gasteiger partial charge in [0.25, 0.3) is 0 Å². The molecule has 0 saturated heterocycles. The number of rotatable bonds is 2. The van der Waals surface area contributed by atoms with Crippen LogP contribution in [0.1, 0.15) is 11.3 Å². The molecule has 0 amide bonds. The van der Waals surface area contributed by atoms with Crippen LogP contribution in [-0.2, 0) is 0 Å². The second-order valence-corrected chi connectivity index (χ2v) is 5.92. The van der Waals surface area contributed by atoms with Crippen molar-refractivity contribution in [2.45, 2.75) is 0 Å². The highest BCUT2D eigenvalue weighted by molar-refractivity contribution is 5.70. The van der Waals surface area contributed by atoms with Crippen LogP contribution in [0.4, 0.5) is 0 Å². The van der Waals surface area contributed by atoms with E-state index in [4.69, 9.17) is 4.42 Å². The highest BCUT2D eigenvalue weighted by Gasteiger charge is 2.17. The molecule has 1 heteroatoms. The minimum Gasteiger partial charge on any atom is -0.198 e. The van der Waals surface area contributed by atoms with Gasteiger partial charge in [0.15, 0.2) is 0 Å². The first-order chi connectivity index (χ1) is 12.9. The molecule has 0 fully saturated rings. The summed E-state index contributed by atoms with van der Waals surface area (Å²) in [6, 6.07) is 34.4. The summed E-state index contributed by atoms with van der Waals surface area (Å²) in [6.45, 7) is 0. The summed E-state index contributed by atoms with van der Waals surface area (Å²) in [5, 5.41) is 0. The van der Waals surface area contributed by atoms with E-state index < -0.39 is 0 Å². The molecule has 4 rings (SSSR count). The first kappa shape index (κ1) is 15.9. The summed E-state index contributed by atoms with van der Waals surface area (Å²) in [5.41, 5.74) is 4.23. The van der Waals surface area contributed by atoms with Crippen LogP contribution >= 0.6 is 0 Å². The lowest BCUT2D eigenvalue weighted by Gasteiger charge is -1.99. The monoisotopic (exact) mass is 333 g/mol. The van der Waals surface area contributed by atoms with Crippen molar-refractivity contribution in [3.05, 3.63) is 114 Å².